The van der Waals surface area contributed by atoms with Crippen LogP contribution in [0.1, 0.15) is 25.0 Å². The van der Waals surface area contributed by atoms with E-state index in [1.54, 1.807) is 12.4 Å². The highest BCUT2D eigenvalue weighted by Crippen LogP contribution is 2.30. The molecule has 0 saturated carbocycles. The normalized spacial score (nSPS) is 27.9. The van der Waals surface area contributed by atoms with Crippen LogP contribution in [0.4, 0.5) is 5.82 Å². The number of rotatable bonds is 1. The molecule has 0 aromatic carbocycles. The first-order valence-electron chi connectivity index (χ1n) is 6.47. The fourth-order valence-electron chi connectivity index (χ4n) is 3.14. The summed E-state index contributed by atoms with van der Waals surface area (Å²) in [4.78, 5) is 13.2. The zero-order valence-corrected chi connectivity index (χ0v) is 10.6. The first-order valence-corrected chi connectivity index (χ1v) is 6.47. The maximum absolute atomic E-state index is 9.11. The lowest BCUT2D eigenvalue weighted by molar-refractivity contribution is 0.254. The highest BCUT2D eigenvalue weighted by Gasteiger charge is 2.35. The van der Waals surface area contributed by atoms with E-state index in [0.29, 0.717) is 17.8 Å². The number of nitriles is 1. The van der Waals surface area contributed by atoms with Gasteiger partial charge in [-0.1, -0.05) is 0 Å². The predicted octanol–water partition coefficient (Wildman–Crippen LogP) is 1.02. The summed E-state index contributed by atoms with van der Waals surface area (Å²) < 4.78 is 0. The second-order valence-corrected chi connectivity index (χ2v) is 5.13. The molecule has 3 heterocycles. The van der Waals surface area contributed by atoms with Crippen molar-refractivity contribution in [1.29, 1.82) is 5.26 Å². The Morgan fingerprint density at radius 1 is 1.22 bits per heavy atom. The van der Waals surface area contributed by atoms with E-state index >= 15 is 0 Å². The van der Waals surface area contributed by atoms with Crippen LogP contribution in [0.15, 0.2) is 12.4 Å². The van der Waals surface area contributed by atoms with Crippen molar-refractivity contribution in [3.63, 3.8) is 0 Å². The van der Waals surface area contributed by atoms with Gasteiger partial charge in [-0.15, -0.1) is 0 Å². The molecule has 0 amide bonds. The van der Waals surface area contributed by atoms with E-state index < -0.39 is 0 Å². The monoisotopic (exact) mass is 243 g/mol. The Hall–Kier alpha value is -1.67. The van der Waals surface area contributed by atoms with Gasteiger partial charge in [0.1, 0.15) is 6.07 Å². The molecule has 18 heavy (non-hydrogen) atoms. The molecule has 2 fully saturated rings. The van der Waals surface area contributed by atoms with Gasteiger partial charge in [0.15, 0.2) is 11.5 Å². The van der Waals surface area contributed by atoms with Gasteiger partial charge in [0, 0.05) is 37.6 Å². The largest absolute Gasteiger partial charge is 0.353 e. The lowest BCUT2D eigenvalue weighted by Gasteiger charge is -2.26. The first-order chi connectivity index (χ1) is 8.79. The molecule has 0 radical (unpaired) electrons. The Morgan fingerprint density at radius 2 is 2.00 bits per heavy atom. The SMILES string of the molecule is CN1[C@H]2CC[C@H]1CN(c1nccnc1C#N)CC2. The average molecular weight is 243 g/mol. The minimum atomic E-state index is 0.443. The van der Waals surface area contributed by atoms with Gasteiger partial charge >= 0.3 is 0 Å². The molecular weight excluding hydrogens is 226 g/mol. The Bertz CT molecular complexity index is 481. The summed E-state index contributed by atoms with van der Waals surface area (Å²) in [6.07, 6.45) is 6.95. The summed E-state index contributed by atoms with van der Waals surface area (Å²) in [5, 5.41) is 9.11. The van der Waals surface area contributed by atoms with Crippen LogP contribution >= 0.6 is 0 Å². The van der Waals surface area contributed by atoms with Crippen molar-refractivity contribution < 1.29 is 0 Å². The molecule has 1 aromatic heterocycles. The van der Waals surface area contributed by atoms with Crippen molar-refractivity contribution in [1.82, 2.24) is 14.9 Å². The van der Waals surface area contributed by atoms with Crippen molar-refractivity contribution in [2.24, 2.45) is 0 Å². The van der Waals surface area contributed by atoms with Crippen molar-refractivity contribution in [2.75, 3.05) is 25.0 Å². The molecule has 2 atom stereocenters. The molecule has 0 N–H and O–H groups in total. The summed E-state index contributed by atoms with van der Waals surface area (Å²) in [5.41, 5.74) is 0.443. The molecular formula is C13H17N5. The zero-order chi connectivity index (χ0) is 12.5. The van der Waals surface area contributed by atoms with E-state index in [1.807, 2.05) is 0 Å². The molecule has 2 saturated heterocycles. The van der Waals surface area contributed by atoms with Gasteiger partial charge in [-0.3, -0.25) is 4.90 Å². The van der Waals surface area contributed by atoms with Gasteiger partial charge < -0.3 is 4.90 Å². The summed E-state index contributed by atoms with van der Waals surface area (Å²) >= 11 is 0. The number of nitrogens with zero attached hydrogens (tertiary/aromatic N) is 5. The quantitative estimate of drug-likeness (QED) is 0.737. The van der Waals surface area contributed by atoms with E-state index in [9.17, 15) is 0 Å². The standard InChI is InChI=1S/C13H17N5/c1-17-10-2-3-11(17)9-18(7-4-10)13-12(8-14)15-5-6-16-13/h5-6,10-11H,2-4,7,9H2,1H3/t10-,11-/m0/s1. The third-order valence-corrected chi connectivity index (χ3v) is 4.23. The summed E-state index contributed by atoms with van der Waals surface area (Å²) in [6, 6.07) is 3.43. The first kappa shape index (κ1) is 11.4. The molecule has 3 rings (SSSR count). The third kappa shape index (κ3) is 1.83. The van der Waals surface area contributed by atoms with Crippen LogP contribution in [0.3, 0.4) is 0 Å². The van der Waals surface area contributed by atoms with Crippen molar-refractivity contribution >= 4 is 5.82 Å². The van der Waals surface area contributed by atoms with Gasteiger partial charge in [0.25, 0.3) is 0 Å². The van der Waals surface area contributed by atoms with Gasteiger partial charge in [-0.2, -0.15) is 5.26 Å². The van der Waals surface area contributed by atoms with Crippen LogP contribution in [0, 0.1) is 11.3 Å². The van der Waals surface area contributed by atoms with E-state index in [1.165, 1.54) is 12.8 Å². The molecule has 2 bridgehead atoms. The Balaban J connectivity index is 1.87. The van der Waals surface area contributed by atoms with Gasteiger partial charge in [0.05, 0.1) is 0 Å². The number of anilines is 1. The minimum Gasteiger partial charge on any atom is -0.353 e. The van der Waals surface area contributed by atoms with E-state index in [0.717, 1.165) is 25.3 Å². The maximum Gasteiger partial charge on any atom is 0.183 e. The van der Waals surface area contributed by atoms with Crippen molar-refractivity contribution in [2.45, 2.75) is 31.3 Å². The van der Waals surface area contributed by atoms with Crippen molar-refractivity contribution in [3.8, 4) is 6.07 Å². The molecule has 5 heteroatoms. The average Bonchev–Trinajstić information content (AvgIpc) is 2.63. The second-order valence-electron chi connectivity index (χ2n) is 5.13. The number of fused-ring (bicyclic) bond motifs is 2. The summed E-state index contributed by atoms with van der Waals surface area (Å²) in [5.74, 6) is 0.751. The topological polar surface area (TPSA) is 56.1 Å². The van der Waals surface area contributed by atoms with Crippen LogP contribution < -0.4 is 4.90 Å². The molecule has 2 aliphatic rings. The lowest BCUT2D eigenvalue weighted by atomic mass is 10.1. The highest BCUT2D eigenvalue weighted by molar-refractivity contribution is 5.49. The van der Waals surface area contributed by atoms with Gasteiger partial charge in [-0.25, -0.2) is 9.97 Å². The summed E-state index contributed by atoms with van der Waals surface area (Å²) in [7, 11) is 2.22. The predicted molar refractivity (Wildman–Crippen MR) is 68.2 cm³/mol. The maximum atomic E-state index is 9.11. The van der Waals surface area contributed by atoms with Crippen LogP contribution in [-0.4, -0.2) is 47.1 Å². The van der Waals surface area contributed by atoms with Crippen LogP contribution in [0.2, 0.25) is 0 Å². The fraction of sp³-hybridized carbons (Fsp3) is 0.615. The Morgan fingerprint density at radius 3 is 2.83 bits per heavy atom. The zero-order valence-electron chi connectivity index (χ0n) is 10.6. The number of likely N-dealkylation sites (N-methyl/N-ethyl adjacent to an activating group) is 1. The number of aromatic nitrogens is 2. The molecule has 2 aliphatic heterocycles. The van der Waals surface area contributed by atoms with E-state index in [2.05, 4.69) is 32.9 Å². The Labute approximate surface area is 107 Å². The number of hydrogen-bond acceptors (Lipinski definition) is 5. The molecule has 1 aromatic rings. The van der Waals surface area contributed by atoms with Crippen LogP contribution in [0.25, 0.3) is 0 Å². The van der Waals surface area contributed by atoms with Gasteiger partial charge in [-0.05, 0) is 26.3 Å². The Kier molecular flexibility index (Phi) is 2.88. The molecule has 94 valence electrons. The molecule has 0 aliphatic carbocycles. The summed E-state index contributed by atoms with van der Waals surface area (Å²) in [6.45, 7) is 1.93. The van der Waals surface area contributed by atoms with E-state index in [-0.39, 0.29) is 0 Å². The second kappa shape index (κ2) is 4.54. The molecule has 5 nitrogen and oxygen atoms in total. The highest BCUT2D eigenvalue weighted by atomic mass is 15.3. The minimum absolute atomic E-state index is 0.443. The number of hydrogen-bond donors (Lipinski definition) is 0. The fourth-order valence-corrected chi connectivity index (χ4v) is 3.14. The third-order valence-electron chi connectivity index (χ3n) is 4.23. The van der Waals surface area contributed by atoms with Crippen molar-refractivity contribution in [3.05, 3.63) is 18.1 Å². The van der Waals surface area contributed by atoms with Crippen LogP contribution in [0.5, 0.6) is 0 Å². The van der Waals surface area contributed by atoms with Crippen LogP contribution in [-0.2, 0) is 0 Å². The molecule has 0 unspecified atom stereocenters. The van der Waals surface area contributed by atoms with Gasteiger partial charge in [0.2, 0.25) is 0 Å². The lowest BCUT2D eigenvalue weighted by Crippen LogP contribution is -2.37. The smallest absolute Gasteiger partial charge is 0.183 e. The molecule has 0 spiro atoms. The van der Waals surface area contributed by atoms with E-state index in [4.69, 9.17) is 5.26 Å².